The van der Waals surface area contributed by atoms with Gasteiger partial charge >= 0.3 is 0 Å². The van der Waals surface area contributed by atoms with E-state index < -0.39 is 5.95 Å². The summed E-state index contributed by atoms with van der Waals surface area (Å²) in [5.74, 6) is 0.250. The first-order valence-corrected chi connectivity index (χ1v) is 4.82. The van der Waals surface area contributed by atoms with E-state index in [0.29, 0.717) is 18.2 Å². The van der Waals surface area contributed by atoms with Crippen molar-refractivity contribution < 1.29 is 9.37 Å². The molecule has 0 amide bonds. The first kappa shape index (κ1) is 11.0. The van der Waals surface area contributed by atoms with E-state index in [0.717, 1.165) is 0 Å². The maximum atomic E-state index is 12.8. The Morgan fingerprint density at radius 1 is 1.59 bits per heavy atom. The number of halogens is 1. The fourth-order valence-corrected chi connectivity index (χ4v) is 1.15. The fraction of sp³-hybridized carbons (Fsp3) is 0.111. The Bertz CT molecular complexity index is 508. The summed E-state index contributed by atoms with van der Waals surface area (Å²) in [5, 5.41) is 7.74. The molecule has 0 aliphatic carbocycles. The molecule has 4 N–H and O–H groups in total. The minimum absolute atomic E-state index is 0.299. The van der Waals surface area contributed by atoms with Crippen LogP contribution in [0.5, 0.6) is 0 Å². The fourth-order valence-electron chi connectivity index (χ4n) is 1.15. The lowest BCUT2D eigenvalue weighted by atomic mass is 10.5. The molecular weight excluding hydrogens is 225 g/mol. The van der Waals surface area contributed by atoms with E-state index in [2.05, 4.69) is 25.6 Å². The quantitative estimate of drug-likeness (QED) is 0.327. The number of nitrogens with two attached hydrogens (primary N) is 1. The maximum absolute atomic E-state index is 12.8. The van der Waals surface area contributed by atoms with Gasteiger partial charge in [-0.15, -0.1) is 5.43 Å². The van der Waals surface area contributed by atoms with Gasteiger partial charge < -0.3 is 5.73 Å². The van der Waals surface area contributed by atoms with Gasteiger partial charge in [-0.05, 0) is 6.07 Å². The second-order valence-corrected chi connectivity index (χ2v) is 3.22. The molecule has 0 aliphatic heterocycles. The number of nitrogens with zero attached hydrogens (tertiary/aromatic N) is 4. The van der Waals surface area contributed by atoms with Crippen molar-refractivity contribution in [3.63, 3.8) is 0 Å². The van der Waals surface area contributed by atoms with Crippen LogP contribution < -0.4 is 16.1 Å². The van der Waals surface area contributed by atoms with Gasteiger partial charge in [0.2, 0.25) is 0 Å². The van der Waals surface area contributed by atoms with Crippen molar-refractivity contribution in [2.75, 3.05) is 5.43 Å². The molecule has 0 bridgehead atoms. The third-order valence-electron chi connectivity index (χ3n) is 1.87. The summed E-state index contributed by atoms with van der Waals surface area (Å²) in [4.78, 5) is 6.22. The first-order chi connectivity index (χ1) is 8.24. The highest BCUT2D eigenvalue weighted by Crippen LogP contribution is 1.97. The SMILES string of the molecule is NC(Cn1cncn1)=NNc1cccc(F)[nH+]1. The molecule has 17 heavy (non-hydrogen) atoms. The summed E-state index contributed by atoms with van der Waals surface area (Å²) in [7, 11) is 0. The summed E-state index contributed by atoms with van der Waals surface area (Å²) in [6.07, 6.45) is 2.93. The van der Waals surface area contributed by atoms with Crippen LogP contribution in [0.25, 0.3) is 0 Å². The molecule has 0 atom stereocenters. The van der Waals surface area contributed by atoms with Crippen LogP contribution in [-0.4, -0.2) is 20.6 Å². The molecular formula is C9H11FN7+. The standard InChI is InChI=1S/C9H10FN7/c10-7-2-1-3-9(14-7)16-15-8(11)4-17-6-12-5-13-17/h1-3,5-6H,4H2,(H2,11,15)(H,14,16)/p+1. The van der Waals surface area contributed by atoms with Crippen molar-refractivity contribution in [2.24, 2.45) is 10.8 Å². The lowest BCUT2D eigenvalue weighted by Gasteiger charge is -1.98. The highest BCUT2D eigenvalue weighted by Gasteiger charge is 2.02. The molecule has 0 aromatic carbocycles. The first-order valence-electron chi connectivity index (χ1n) is 4.82. The normalized spacial score (nSPS) is 11.5. The van der Waals surface area contributed by atoms with Crippen molar-refractivity contribution in [3.8, 4) is 0 Å². The maximum Gasteiger partial charge on any atom is 0.299 e. The smallest absolute Gasteiger partial charge is 0.299 e. The largest absolute Gasteiger partial charge is 0.382 e. The van der Waals surface area contributed by atoms with Crippen molar-refractivity contribution in [1.82, 2.24) is 14.8 Å². The molecule has 7 nitrogen and oxygen atoms in total. The highest BCUT2D eigenvalue weighted by atomic mass is 19.1. The molecule has 8 heteroatoms. The zero-order chi connectivity index (χ0) is 12.1. The Morgan fingerprint density at radius 3 is 3.18 bits per heavy atom. The van der Waals surface area contributed by atoms with E-state index in [1.54, 1.807) is 12.1 Å². The molecule has 2 heterocycles. The minimum Gasteiger partial charge on any atom is -0.382 e. The van der Waals surface area contributed by atoms with Gasteiger partial charge in [-0.25, -0.2) is 14.6 Å². The number of anilines is 1. The summed E-state index contributed by atoms with van der Waals surface area (Å²) < 4.78 is 14.3. The molecule has 2 aromatic rings. The lowest BCUT2D eigenvalue weighted by molar-refractivity contribution is -0.406. The van der Waals surface area contributed by atoms with Gasteiger partial charge in [-0.3, -0.25) is 0 Å². The summed E-state index contributed by atoms with van der Waals surface area (Å²) in [6.45, 7) is 0.308. The van der Waals surface area contributed by atoms with E-state index in [4.69, 9.17) is 5.73 Å². The Morgan fingerprint density at radius 2 is 2.47 bits per heavy atom. The Balaban J connectivity index is 1.96. The topological polar surface area (TPSA) is 95.3 Å². The molecule has 88 valence electrons. The van der Waals surface area contributed by atoms with Crippen LogP contribution in [0.1, 0.15) is 0 Å². The monoisotopic (exact) mass is 236 g/mol. The molecule has 0 radical (unpaired) electrons. The van der Waals surface area contributed by atoms with Crippen LogP contribution in [-0.2, 0) is 6.54 Å². The molecule has 0 saturated heterocycles. The predicted octanol–water partition coefficient (Wildman–Crippen LogP) is -0.384. The van der Waals surface area contributed by atoms with Crippen LogP contribution in [0, 0.1) is 5.95 Å². The number of amidine groups is 1. The number of hydrogen-bond acceptors (Lipinski definition) is 4. The van der Waals surface area contributed by atoms with Gasteiger partial charge in [0, 0.05) is 12.1 Å². The zero-order valence-electron chi connectivity index (χ0n) is 8.84. The molecule has 2 aromatic heterocycles. The van der Waals surface area contributed by atoms with Gasteiger partial charge in [-0.2, -0.15) is 9.49 Å². The lowest BCUT2D eigenvalue weighted by Crippen LogP contribution is -2.22. The molecule has 0 aliphatic rings. The van der Waals surface area contributed by atoms with Crippen LogP contribution >= 0.6 is 0 Å². The second kappa shape index (κ2) is 5.01. The molecule has 0 saturated carbocycles. The average molecular weight is 236 g/mol. The van der Waals surface area contributed by atoms with E-state index in [1.165, 1.54) is 23.4 Å². The van der Waals surface area contributed by atoms with Crippen LogP contribution in [0.2, 0.25) is 0 Å². The minimum atomic E-state index is -0.458. The number of hydrazone groups is 1. The van der Waals surface area contributed by atoms with Crippen molar-refractivity contribution >= 4 is 11.7 Å². The third kappa shape index (κ3) is 3.23. The van der Waals surface area contributed by atoms with Crippen LogP contribution in [0.15, 0.2) is 36.0 Å². The third-order valence-corrected chi connectivity index (χ3v) is 1.87. The molecule has 0 fully saturated rings. The van der Waals surface area contributed by atoms with Gasteiger partial charge in [0.15, 0.2) is 5.84 Å². The molecule has 0 spiro atoms. The molecule has 2 rings (SSSR count). The Labute approximate surface area is 96.2 Å². The number of nitrogens with one attached hydrogen (secondary N) is 2. The number of pyridine rings is 1. The van der Waals surface area contributed by atoms with Crippen molar-refractivity contribution in [3.05, 3.63) is 36.8 Å². The predicted molar refractivity (Wildman–Crippen MR) is 58.2 cm³/mol. The van der Waals surface area contributed by atoms with E-state index in [-0.39, 0.29) is 0 Å². The van der Waals surface area contributed by atoms with E-state index in [1.807, 2.05) is 0 Å². The number of hydrogen-bond donors (Lipinski definition) is 2. The Hall–Kier alpha value is -2.51. The van der Waals surface area contributed by atoms with Crippen molar-refractivity contribution in [2.45, 2.75) is 6.54 Å². The van der Waals surface area contributed by atoms with E-state index in [9.17, 15) is 4.39 Å². The summed E-state index contributed by atoms with van der Waals surface area (Å²) in [5.41, 5.74) is 8.25. The van der Waals surface area contributed by atoms with Gasteiger partial charge in [0.1, 0.15) is 19.2 Å². The number of aromatic amines is 1. The second-order valence-electron chi connectivity index (χ2n) is 3.22. The molecule has 0 unspecified atom stereocenters. The average Bonchev–Trinajstić information content (AvgIpc) is 2.79. The zero-order valence-corrected chi connectivity index (χ0v) is 8.84. The Kier molecular flexibility index (Phi) is 3.24. The van der Waals surface area contributed by atoms with Crippen LogP contribution in [0.3, 0.4) is 0 Å². The van der Waals surface area contributed by atoms with Crippen molar-refractivity contribution in [1.29, 1.82) is 0 Å². The number of aromatic nitrogens is 4. The number of H-pyrrole nitrogens is 1. The van der Waals surface area contributed by atoms with Gasteiger partial charge in [0.25, 0.3) is 11.8 Å². The van der Waals surface area contributed by atoms with E-state index >= 15 is 0 Å². The number of rotatable bonds is 4. The summed E-state index contributed by atoms with van der Waals surface area (Å²) in [6, 6.07) is 4.49. The van der Waals surface area contributed by atoms with Gasteiger partial charge in [0.05, 0.1) is 0 Å². The summed E-state index contributed by atoms with van der Waals surface area (Å²) >= 11 is 0. The van der Waals surface area contributed by atoms with Crippen LogP contribution in [0.4, 0.5) is 10.2 Å². The highest BCUT2D eigenvalue weighted by molar-refractivity contribution is 5.80. The van der Waals surface area contributed by atoms with Gasteiger partial charge in [-0.1, -0.05) is 5.10 Å².